The van der Waals surface area contributed by atoms with E-state index >= 15 is 0 Å². The minimum Gasteiger partial charge on any atom is -0.191 e. The molecule has 3 atom stereocenters. The van der Waals surface area contributed by atoms with Gasteiger partial charge < -0.3 is 0 Å². The van der Waals surface area contributed by atoms with Gasteiger partial charge in [0, 0.05) is 22.9 Å². The van der Waals surface area contributed by atoms with Gasteiger partial charge in [-0.2, -0.15) is 9.13 Å². The molecular weight excluding hydrogens is 513 g/mol. The molecule has 2 aromatic heterocycles. The molecule has 0 saturated carbocycles. The van der Waals surface area contributed by atoms with Crippen molar-refractivity contribution in [2.75, 3.05) is 0 Å². The minimum absolute atomic E-state index is 0.123. The van der Waals surface area contributed by atoms with Crippen LogP contribution in [-0.2, 0) is 6.42 Å². The molecule has 0 aliphatic carbocycles. The average molecular weight is 551 g/mol. The maximum absolute atomic E-state index is 4.47. The molecule has 3 unspecified atom stereocenters. The van der Waals surface area contributed by atoms with Crippen LogP contribution >= 0.6 is 0 Å². The molecule has 5 aromatic rings. The molecule has 0 saturated heterocycles. The van der Waals surface area contributed by atoms with Gasteiger partial charge in [-0.15, -0.1) is 0 Å². The summed E-state index contributed by atoms with van der Waals surface area (Å²) in [6, 6.07) is 36.2. The predicted molar refractivity (Wildman–Crippen MR) is 172 cm³/mol. The predicted octanol–water partition coefficient (Wildman–Crippen LogP) is 7.80. The number of nitrogens with zero attached hydrogens (tertiary/aromatic N) is 2. The number of aromatic nitrogens is 2. The third-order valence-corrected chi connectivity index (χ3v) is 11.3. The molecule has 0 spiro atoms. The third kappa shape index (κ3) is 3.98. The van der Waals surface area contributed by atoms with Gasteiger partial charge in [-0.3, -0.25) is 0 Å². The fraction of sp³-hybridized carbons (Fsp3) is 0.211. The fourth-order valence-corrected chi connectivity index (χ4v) is 9.15. The second kappa shape index (κ2) is 9.78. The number of benzene rings is 3. The molecule has 3 heteroatoms. The summed E-state index contributed by atoms with van der Waals surface area (Å²) in [5.74, 6) is 0.196. The molecule has 0 amide bonds. The van der Waals surface area contributed by atoms with E-state index < -0.39 is 8.07 Å². The standard InChI is InChI=1S/C38H38N2Si/c1-6-26-24-34-29-18-11-12-19-30(29)36(33(7-2)40(34)25-35(26)41(3,4)5)38-32-21-14-13-20-31(32)37-28(22-15-23-39(37)38)27-16-9-8-10-17-27/h7-25,33,36,38H,2,6H2,1,3-5H3/q+2. The summed E-state index contributed by atoms with van der Waals surface area (Å²) < 4.78 is 5.12. The average Bonchev–Trinajstić information content (AvgIpc) is 3.34. The van der Waals surface area contributed by atoms with E-state index in [0.29, 0.717) is 0 Å². The van der Waals surface area contributed by atoms with Gasteiger partial charge in [0.1, 0.15) is 5.92 Å². The Hall–Kier alpha value is -4.08. The fourth-order valence-electron chi connectivity index (χ4n) is 7.41. The zero-order valence-corrected chi connectivity index (χ0v) is 25.5. The Morgan fingerprint density at radius 1 is 0.756 bits per heavy atom. The quantitative estimate of drug-likeness (QED) is 0.120. The maximum Gasteiger partial charge on any atom is 0.221 e. The molecule has 0 radical (unpaired) electrons. The normalized spacial score (nSPS) is 18.7. The summed E-state index contributed by atoms with van der Waals surface area (Å²) in [6.45, 7) is 14.2. The molecule has 4 heterocycles. The van der Waals surface area contributed by atoms with Gasteiger partial charge in [0.2, 0.25) is 11.4 Å². The highest BCUT2D eigenvalue weighted by molar-refractivity contribution is 6.89. The van der Waals surface area contributed by atoms with E-state index in [9.17, 15) is 0 Å². The molecule has 202 valence electrons. The molecular formula is C38H38N2Si+2. The number of rotatable bonds is 5. The van der Waals surface area contributed by atoms with E-state index in [1.165, 1.54) is 50.3 Å². The summed E-state index contributed by atoms with van der Waals surface area (Å²) in [6.07, 6.45) is 8.05. The molecule has 0 bridgehead atoms. The van der Waals surface area contributed by atoms with Gasteiger partial charge in [0.25, 0.3) is 0 Å². The van der Waals surface area contributed by atoms with Crippen LogP contribution in [0.25, 0.3) is 33.6 Å². The van der Waals surface area contributed by atoms with Gasteiger partial charge >= 0.3 is 0 Å². The molecule has 0 N–H and O–H groups in total. The van der Waals surface area contributed by atoms with Crippen LogP contribution in [0.2, 0.25) is 19.6 Å². The number of aryl methyl sites for hydroxylation is 1. The number of hydrogen-bond acceptors (Lipinski definition) is 0. The minimum atomic E-state index is -1.57. The van der Waals surface area contributed by atoms with E-state index in [1.807, 2.05) is 0 Å². The van der Waals surface area contributed by atoms with Crippen LogP contribution in [0.3, 0.4) is 0 Å². The number of pyridine rings is 2. The number of hydrogen-bond donors (Lipinski definition) is 0. The summed E-state index contributed by atoms with van der Waals surface area (Å²) >= 11 is 0. The monoisotopic (exact) mass is 550 g/mol. The summed E-state index contributed by atoms with van der Waals surface area (Å²) in [7, 11) is -1.57. The lowest BCUT2D eigenvalue weighted by molar-refractivity contribution is -0.738. The molecule has 0 fully saturated rings. The zero-order valence-electron chi connectivity index (χ0n) is 24.5. The summed E-state index contributed by atoms with van der Waals surface area (Å²) in [4.78, 5) is 0. The van der Waals surface area contributed by atoms with Crippen molar-refractivity contribution in [2.24, 2.45) is 0 Å². The first kappa shape index (κ1) is 25.9. The van der Waals surface area contributed by atoms with Crippen LogP contribution in [0.5, 0.6) is 0 Å². The van der Waals surface area contributed by atoms with Crippen molar-refractivity contribution in [3.63, 3.8) is 0 Å². The first-order chi connectivity index (χ1) is 19.9. The molecule has 2 aliphatic heterocycles. The van der Waals surface area contributed by atoms with Crippen molar-refractivity contribution >= 4 is 13.3 Å². The van der Waals surface area contributed by atoms with E-state index in [2.05, 4.69) is 158 Å². The third-order valence-electron chi connectivity index (χ3n) is 9.20. The smallest absolute Gasteiger partial charge is 0.191 e. The van der Waals surface area contributed by atoms with Gasteiger partial charge in [-0.1, -0.05) is 99.9 Å². The van der Waals surface area contributed by atoms with Crippen LogP contribution in [0.15, 0.2) is 122 Å². The molecule has 41 heavy (non-hydrogen) atoms. The van der Waals surface area contributed by atoms with Crippen LogP contribution in [0.1, 0.15) is 41.6 Å². The van der Waals surface area contributed by atoms with Crippen LogP contribution in [0.4, 0.5) is 0 Å². The summed E-state index contributed by atoms with van der Waals surface area (Å²) in [5.41, 5.74) is 12.1. The first-order valence-corrected chi connectivity index (χ1v) is 18.4. The SMILES string of the molecule is C=CC1C(C2c3ccccc3-c3c(-c4ccccc4)ccc[n+]32)c2ccccc2-c2cc(CC)c([Si](C)(C)C)c[n+]21. The van der Waals surface area contributed by atoms with Gasteiger partial charge in [0.05, 0.1) is 24.8 Å². The van der Waals surface area contributed by atoms with Crippen molar-refractivity contribution in [3.8, 4) is 33.6 Å². The van der Waals surface area contributed by atoms with E-state index in [0.717, 1.165) is 6.42 Å². The Bertz CT molecular complexity index is 1800. The highest BCUT2D eigenvalue weighted by atomic mass is 28.3. The summed E-state index contributed by atoms with van der Waals surface area (Å²) in [5, 5.41) is 1.56. The van der Waals surface area contributed by atoms with Crippen LogP contribution < -0.4 is 14.3 Å². The van der Waals surface area contributed by atoms with Crippen LogP contribution in [-0.4, -0.2) is 8.07 Å². The lowest BCUT2D eigenvalue weighted by Crippen LogP contribution is -2.56. The second-order valence-corrected chi connectivity index (χ2v) is 17.6. The Morgan fingerprint density at radius 3 is 2.12 bits per heavy atom. The highest BCUT2D eigenvalue weighted by Crippen LogP contribution is 2.50. The van der Waals surface area contributed by atoms with Crippen molar-refractivity contribution < 1.29 is 9.13 Å². The highest BCUT2D eigenvalue weighted by Gasteiger charge is 2.52. The van der Waals surface area contributed by atoms with Gasteiger partial charge in [-0.05, 0) is 47.4 Å². The molecule has 3 aromatic carbocycles. The topological polar surface area (TPSA) is 7.76 Å². The Labute approximate surface area is 245 Å². The molecule has 7 rings (SSSR count). The molecule has 2 nitrogen and oxygen atoms in total. The van der Waals surface area contributed by atoms with Crippen molar-refractivity contribution in [3.05, 3.63) is 139 Å². The Kier molecular flexibility index (Phi) is 6.17. The number of fused-ring (bicyclic) bond motifs is 6. The van der Waals surface area contributed by atoms with E-state index in [4.69, 9.17) is 0 Å². The Balaban J connectivity index is 1.51. The maximum atomic E-state index is 4.47. The van der Waals surface area contributed by atoms with Gasteiger partial charge in [-0.25, -0.2) is 0 Å². The molecule has 2 aliphatic rings. The van der Waals surface area contributed by atoms with E-state index in [1.54, 1.807) is 5.19 Å². The lowest BCUT2D eigenvalue weighted by atomic mass is 9.76. The second-order valence-electron chi connectivity index (χ2n) is 12.5. The number of allylic oxidation sites excluding steroid dienone is 1. The van der Waals surface area contributed by atoms with Crippen molar-refractivity contribution in [2.45, 2.75) is 51.0 Å². The Morgan fingerprint density at radius 2 is 1.41 bits per heavy atom. The zero-order chi connectivity index (χ0) is 28.3. The van der Waals surface area contributed by atoms with Gasteiger partial charge in [0.15, 0.2) is 24.5 Å². The van der Waals surface area contributed by atoms with E-state index in [-0.39, 0.29) is 18.0 Å². The lowest BCUT2D eigenvalue weighted by Gasteiger charge is -2.32. The van der Waals surface area contributed by atoms with Crippen molar-refractivity contribution in [1.82, 2.24) is 0 Å². The first-order valence-electron chi connectivity index (χ1n) is 14.9. The largest absolute Gasteiger partial charge is 0.221 e. The van der Waals surface area contributed by atoms with Crippen LogP contribution in [0, 0.1) is 0 Å². The van der Waals surface area contributed by atoms with Crippen molar-refractivity contribution in [1.29, 1.82) is 0 Å².